The van der Waals surface area contributed by atoms with Crippen LogP contribution in [0.1, 0.15) is 32.1 Å². The Kier molecular flexibility index (Phi) is 5.67. The molecule has 0 saturated heterocycles. The van der Waals surface area contributed by atoms with Crippen LogP contribution in [-0.4, -0.2) is 19.1 Å². The molecule has 0 aromatic heterocycles. The van der Waals surface area contributed by atoms with Crippen molar-refractivity contribution in [2.24, 2.45) is 10.8 Å². The molecule has 1 aromatic carbocycles. The number of hydrazine groups is 1. The molecule has 20 heavy (non-hydrogen) atoms. The second kappa shape index (κ2) is 7.50. The summed E-state index contributed by atoms with van der Waals surface area (Å²) in [7, 11) is 1.64. The Balaban J connectivity index is 2.08. The molecule has 110 valence electrons. The fraction of sp³-hybridized carbons (Fsp3) is 0.500. The molecule has 0 aliphatic heterocycles. The predicted molar refractivity (Wildman–Crippen MR) is 85.9 cm³/mol. The normalized spacial score (nSPS) is 16.9. The van der Waals surface area contributed by atoms with Crippen molar-refractivity contribution in [3.63, 3.8) is 0 Å². The van der Waals surface area contributed by atoms with Gasteiger partial charge in [0, 0.05) is 16.2 Å². The maximum absolute atomic E-state index is 5.56. The molecule has 0 atom stereocenters. The summed E-state index contributed by atoms with van der Waals surface area (Å²) in [4.78, 5) is 4.65. The third-order valence-corrected chi connectivity index (χ3v) is 3.85. The van der Waals surface area contributed by atoms with E-state index in [1.807, 2.05) is 18.2 Å². The molecular formula is C14H21BrN4O. The Morgan fingerprint density at radius 2 is 2.05 bits per heavy atom. The minimum atomic E-state index is 0.358. The Labute approximate surface area is 128 Å². The van der Waals surface area contributed by atoms with Gasteiger partial charge in [0.15, 0.2) is 0 Å². The van der Waals surface area contributed by atoms with E-state index in [1.54, 1.807) is 7.11 Å². The van der Waals surface area contributed by atoms with Crippen LogP contribution in [0.15, 0.2) is 27.7 Å². The van der Waals surface area contributed by atoms with Gasteiger partial charge in [0.2, 0.25) is 5.96 Å². The van der Waals surface area contributed by atoms with Crippen molar-refractivity contribution in [1.82, 2.24) is 5.43 Å². The van der Waals surface area contributed by atoms with Gasteiger partial charge in [0.25, 0.3) is 0 Å². The molecule has 6 heteroatoms. The van der Waals surface area contributed by atoms with Crippen LogP contribution >= 0.6 is 15.9 Å². The highest BCUT2D eigenvalue weighted by atomic mass is 79.9. The Morgan fingerprint density at radius 1 is 1.30 bits per heavy atom. The molecule has 1 aromatic rings. The molecule has 0 spiro atoms. The van der Waals surface area contributed by atoms with Gasteiger partial charge in [0.1, 0.15) is 5.75 Å². The van der Waals surface area contributed by atoms with Crippen molar-refractivity contribution in [2.75, 3.05) is 12.4 Å². The molecule has 1 fully saturated rings. The Morgan fingerprint density at radius 3 is 2.70 bits per heavy atom. The van der Waals surface area contributed by atoms with E-state index < -0.39 is 0 Å². The number of anilines is 1. The maximum Gasteiger partial charge on any atom is 0.210 e. The van der Waals surface area contributed by atoms with Crippen LogP contribution in [-0.2, 0) is 0 Å². The highest BCUT2D eigenvalue weighted by molar-refractivity contribution is 9.10. The standard InChI is InChI=1S/C14H21BrN4O/c1-20-13-8-10(15)7-12(9-13)18-14(19-16)17-11-5-3-2-4-6-11/h7-9,11H,2-6,16H2,1H3,(H2,17,18,19). The fourth-order valence-electron chi connectivity index (χ4n) is 2.39. The molecule has 0 unspecified atom stereocenters. The summed E-state index contributed by atoms with van der Waals surface area (Å²) >= 11 is 3.45. The molecule has 1 aliphatic rings. The van der Waals surface area contributed by atoms with Gasteiger partial charge in [-0.1, -0.05) is 35.2 Å². The van der Waals surface area contributed by atoms with Crippen LogP contribution in [0.25, 0.3) is 0 Å². The minimum Gasteiger partial charge on any atom is -0.497 e. The van der Waals surface area contributed by atoms with Crippen molar-refractivity contribution in [1.29, 1.82) is 0 Å². The first kappa shape index (κ1) is 15.1. The molecule has 0 amide bonds. The van der Waals surface area contributed by atoms with Crippen molar-refractivity contribution >= 4 is 27.6 Å². The number of nitrogens with two attached hydrogens (primary N) is 1. The van der Waals surface area contributed by atoms with Crippen LogP contribution in [0, 0.1) is 0 Å². The lowest BCUT2D eigenvalue weighted by molar-refractivity contribution is 0.415. The van der Waals surface area contributed by atoms with Gasteiger partial charge >= 0.3 is 0 Å². The van der Waals surface area contributed by atoms with E-state index in [-0.39, 0.29) is 0 Å². The molecule has 2 rings (SSSR count). The first-order valence-corrected chi connectivity index (χ1v) is 7.66. The lowest BCUT2D eigenvalue weighted by Gasteiger charge is -2.19. The van der Waals surface area contributed by atoms with Crippen LogP contribution in [0.3, 0.4) is 0 Å². The van der Waals surface area contributed by atoms with Gasteiger partial charge in [-0.15, -0.1) is 0 Å². The van der Waals surface area contributed by atoms with E-state index >= 15 is 0 Å². The van der Waals surface area contributed by atoms with Crippen LogP contribution < -0.4 is 21.3 Å². The summed E-state index contributed by atoms with van der Waals surface area (Å²) in [5.41, 5.74) is 3.52. The highest BCUT2D eigenvalue weighted by Gasteiger charge is 2.13. The van der Waals surface area contributed by atoms with E-state index in [9.17, 15) is 0 Å². The number of aliphatic imine (C=N–C) groups is 1. The smallest absolute Gasteiger partial charge is 0.210 e. The molecule has 0 bridgehead atoms. The van der Waals surface area contributed by atoms with E-state index in [0.29, 0.717) is 12.0 Å². The number of hydrogen-bond donors (Lipinski definition) is 3. The lowest BCUT2D eigenvalue weighted by Crippen LogP contribution is -2.37. The van der Waals surface area contributed by atoms with E-state index in [0.717, 1.165) is 28.8 Å². The molecule has 5 nitrogen and oxygen atoms in total. The van der Waals surface area contributed by atoms with Crippen molar-refractivity contribution in [3.05, 3.63) is 22.7 Å². The molecule has 4 N–H and O–H groups in total. The summed E-state index contributed by atoms with van der Waals surface area (Å²) in [5.74, 6) is 6.93. The van der Waals surface area contributed by atoms with Gasteiger partial charge in [-0.3, -0.25) is 5.43 Å². The van der Waals surface area contributed by atoms with Gasteiger partial charge < -0.3 is 10.1 Å². The molecule has 0 heterocycles. The maximum atomic E-state index is 5.56. The summed E-state index contributed by atoms with van der Waals surface area (Å²) in [6.07, 6.45) is 6.07. The largest absolute Gasteiger partial charge is 0.497 e. The molecule has 1 aliphatic carbocycles. The topological polar surface area (TPSA) is 71.7 Å². The van der Waals surface area contributed by atoms with Gasteiger partial charge in [-0.25, -0.2) is 10.8 Å². The van der Waals surface area contributed by atoms with Crippen molar-refractivity contribution < 1.29 is 4.74 Å². The van der Waals surface area contributed by atoms with E-state index in [1.165, 1.54) is 19.3 Å². The van der Waals surface area contributed by atoms with Crippen LogP contribution in [0.2, 0.25) is 0 Å². The quantitative estimate of drug-likeness (QED) is 0.342. The Bertz CT molecular complexity index is 472. The summed E-state index contributed by atoms with van der Waals surface area (Å²) < 4.78 is 6.18. The fourth-order valence-corrected chi connectivity index (χ4v) is 2.86. The number of hydrogen-bond acceptors (Lipinski definition) is 3. The van der Waals surface area contributed by atoms with Gasteiger partial charge in [0.05, 0.1) is 13.2 Å². The summed E-state index contributed by atoms with van der Waals surface area (Å²) in [6, 6.07) is 6.12. The Hall–Kier alpha value is -1.27. The number of rotatable bonds is 3. The SMILES string of the molecule is COc1cc(Br)cc(NC(=NC2CCCCC2)NN)c1. The van der Waals surface area contributed by atoms with Crippen molar-refractivity contribution in [3.8, 4) is 5.75 Å². The third-order valence-electron chi connectivity index (χ3n) is 3.39. The number of benzene rings is 1. The molecule has 0 radical (unpaired) electrons. The van der Waals surface area contributed by atoms with Crippen molar-refractivity contribution in [2.45, 2.75) is 38.1 Å². The second-order valence-electron chi connectivity index (χ2n) is 4.92. The van der Waals surface area contributed by atoms with Crippen LogP contribution in [0.4, 0.5) is 5.69 Å². The predicted octanol–water partition coefficient (Wildman–Crippen LogP) is 3.02. The summed E-state index contributed by atoms with van der Waals surface area (Å²) in [5, 5.41) is 3.20. The number of guanidine groups is 1. The molecule has 1 saturated carbocycles. The monoisotopic (exact) mass is 340 g/mol. The highest BCUT2D eigenvalue weighted by Crippen LogP contribution is 2.25. The first-order chi connectivity index (χ1) is 9.71. The zero-order chi connectivity index (χ0) is 14.4. The zero-order valence-corrected chi connectivity index (χ0v) is 13.2. The van der Waals surface area contributed by atoms with Crippen LogP contribution in [0.5, 0.6) is 5.75 Å². The third kappa shape index (κ3) is 4.38. The number of methoxy groups -OCH3 is 1. The second-order valence-corrected chi connectivity index (χ2v) is 5.83. The average molecular weight is 341 g/mol. The first-order valence-electron chi connectivity index (χ1n) is 6.87. The zero-order valence-electron chi connectivity index (χ0n) is 11.7. The van der Waals surface area contributed by atoms with Gasteiger partial charge in [-0.2, -0.15) is 0 Å². The van der Waals surface area contributed by atoms with E-state index in [2.05, 4.69) is 31.7 Å². The number of nitrogens with zero attached hydrogens (tertiary/aromatic N) is 1. The minimum absolute atomic E-state index is 0.358. The van der Waals surface area contributed by atoms with Gasteiger partial charge in [-0.05, 0) is 25.0 Å². The lowest BCUT2D eigenvalue weighted by atomic mass is 9.96. The number of ether oxygens (including phenoxy) is 1. The number of halogens is 1. The molecular weight excluding hydrogens is 320 g/mol. The summed E-state index contributed by atoms with van der Waals surface area (Å²) in [6.45, 7) is 0. The average Bonchev–Trinajstić information content (AvgIpc) is 2.47. The van der Waals surface area contributed by atoms with E-state index in [4.69, 9.17) is 10.6 Å². The number of nitrogens with one attached hydrogen (secondary N) is 2.